The lowest BCUT2D eigenvalue weighted by molar-refractivity contribution is 0.0499. The Kier molecular flexibility index (Phi) is 5.49. The Morgan fingerprint density at radius 3 is 2.71 bits per heavy atom. The summed E-state index contributed by atoms with van der Waals surface area (Å²) in [7, 11) is -1.88. The van der Waals surface area contributed by atoms with Crippen LogP contribution < -0.4 is 9.46 Å². The van der Waals surface area contributed by atoms with Crippen molar-refractivity contribution in [2.24, 2.45) is 13.0 Å². The van der Waals surface area contributed by atoms with Gasteiger partial charge in [-0.1, -0.05) is 30.3 Å². The van der Waals surface area contributed by atoms with Crippen molar-refractivity contribution < 1.29 is 23.1 Å². The maximum atomic E-state index is 12.9. The number of rotatable bonds is 6. The van der Waals surface area contributed by atoms with Crippen LogP contribution in [-0.2, 0) is 23.5 Å². The van der Waals surface area contributed by atoms with Gasteiger partial charge < -0.3 is 9.84 Å². The van der Waals surface area contributed by atoms with E-state index in [1.807, 2.05) is 19.2 Å². The Labute approximate surface area is 198 Å². The minimum Gasteiger partial charge on any atom is -0.493 e. The summed E-state index contributed by atoms with van der Waals surface area (Å²) in [6.45, 7) is 1.99. The summed E-state index contributed by atoms with van der Waals surface area (Å²) >= 11 is 0. The number of sulfonamides is 1. The summed E-state index contributed by atoms with van der Waals surface area (Å²) in [6.07, 6.45) is 2.76. The Bertz CT molecular complexity index is 1360. The summed E-state index contributed by atoms with van der Waals surface area (Å²) < 4.78 is 34.3. The topological polar surface area (TPSA) is 111 Å². The standard InChI is InChI=1S/C25H27N3O5S/c1-25(10-11-25)34(31,32)27-24(30)20-6-4-3-5-19(20)16-7-8-21-22(14-16)33-15-17(23(21)29)13-18-9-12-26-28(18)2/h3-9,12,14,17,23,29H,10-11,13,15H2,1-2H3,(H,27,30)/t17-,23+/m0/s1. The zero-order chi connectivity index (χ0) is 24.1. The summed E-state index contributed by atoms with van der Waals surface area (Å²) in [5.74, 6) is -0.209. The molecule has 178 valence electrons. The number of aromatic nitrogens is 2. The van der Waals surface area contributed by atoms with Gasteiger partial charge in [0.2, 0.25) is 10.0 Å². The molecule has 1 amide bonds. The summed E-state index contributed by atoms with van der Waals surface area (Å²) in [5.41, 5.74) is 3.27. The molecule has 1 aromatic heterocycles. The lowest BCUT2D eigenvalue weighted by Crippen LogP contribution is -2.38. The normalized spacial score (nSPS) is 20.8. The number of carbonyl (C=O) groups is 1. The monoisotopic (exact) mass is 481 g/mol. The third kappa shape index (κ3) is 3.99. The van der Waals surface area contributed by atoms with E-state index < -0.39 is 26.8 Å². The van der Waals surface area contributed by atoms with Gasteiger partial charge in [-0.25, -0.2) is 13.1 Å². The first-order chi connectivity index (χ1) is 16.2. The molecule has 2 atom stereocenters. The number of ether oxygens (including phenoxy) is 1. The molecule has 5 rings (SSSR count). The van der Waals surface area contributed by atoms with Gasteiger partial charge in [0, 0.05) is 36.0 Å². The Morgan fingerprint density at radius 2 is 2.00 bits per heavy atom. The van der Waals surface area contributed by atoms with E-state index in [4.69, 9.17) is 4.74 Å². The highest BCUT2D eigenvalue weighted by atomic mass is 32.2. The molecule has 1 aliphatic heterocycles. The van der Waals surface area contributed by atoms with Crippen molar-refractivity contribution in [2.75, 3.05) is 6.61 Å². The van der Waals surface area contributed by atoms with Crippen molar-refractivity contribution in [3.05, 3.63) is 71.5 Å². The second-order valence-corrected chi connectivity index (χ2v) is 11.5. The number of aliphatic hydroxyl groups excluding tert-OH is 1. The number of aryl methyl sites for hydroxylation is 1. The molecular weight excluding hydrogens is 454 g/mol. The number of hydrogen-bond acceptors (Lipinski definition) is 6. The number of benzene rings is 2. The van der Waals surface area contributed by atoms with Crippen molar-refractivity contribution in [3.8, 4) is 16.9 Å². The van der Waals surface area contributed by atoms with Crippen molar-refractivity contribution in [1.29, 1.82) is 0 Å². The Morgan fingerprint density at radius 1 is 1.24 bits per heavy atom. The van der Waals surface area contributed by atoms with Crippen molar-refractivity contribution in [1.82, 2.24) is 14.5 Å². The van der Waals surface area contributed by atoms with Crippen molar-refractivity contribution in [3.63, 3.8) is 0 Å². The van der Waals surface area contributed by atoms with Crippen LogP contribution in [0.5, 0.6) is 5.75 Å². The second kappa shape index (κ2) is 8.25. The smallest absolute Gasteiger partial charge is 0.265 e. The molecule has 1 saturated carbocycles. The lowest BCUT2D eigenvalue weighted by Gasteiger charge is -2.30. The first-order valence-corrected chi connectivity index (χ1v) is 12.7. The van der Waals surface area contributed by atoms with E-state index in [2.05, 4.69) is 9.82 Å². The van der Waals surface area contributed by atoms with Crippen molar-refractivity contribution in [2.45, 2.75) is 37.0 Å². The number of fused-ring (bicyclic) bond motifs is 1. The van der Waals surface area contributed by atoms with Gasteiger partial charge in [-0.2, -0.15) is 5.10 Å². The zero-order valence-corrected chi connectivity index (χ0v) is 19.9. The first kappa shape index (κ1) is 22.6. The molecular formula is C25H27N3O5S. The van der Waals surface area contributed by atoms with Gasteiger partial charge in [-0.3, -0.25) is 9.48 Å². The largest absolute Gasteiger partial charge is 0.493 e. The Balaban J connectivity index is 1.40. The van der Waals surface area contributed by atoms with E-state index in [1.165, 1.54) is 0 Å². The first-order valence-electron chi connectivity index (χ1n) is 11.3. The van der Waals surface area contributed by atoms with Gasteiger partial charge in [0.15, 0.2) is 0 Å². The maximum absolute atomic E-state index is 12.9. The number of nitrogens with zero attached hydrogens (tertiary/aromatic N) is 2. The molecule has 2 aliphatic rings. The van der Waals surface area contributed by atoms with Crippen LogP contribution in [0.4, 0.5) is 0 Å². The van der Waals surface area contributed by atoms with Gasteiger partial charge in [-0.05, 0) is 55.5 Å². The Hall–Kier alpha value is -3.17. The van der Waals surface area contributed by atoms with Crippen LogP contribution in [0.2, 0.25) is 0 Å². The minimum absolute atomic E-state index is 0.110. The van der Waals surface area contributed by atoms with Crippen LogP contribution in [0.1, 0.15) is 47.5 Å². The van der Waals surface area contributed by atoms with E-state index >= 15 is 0 Å². The highest BCUT2D eigenvalue weighted by Gasteiger charge is 2.51. The third-order valence-corrected chi connectivity index (χ3v) is 9.10. The molecule has 34 heavy (non-hydrogen) atoms. The molecule has 1 fully saturated rings. The van der Waals surface area contributed by atoms with E-state index in [9.17, 15) is 18.3 Å². The zero-order valence-electron chi connectivity index (χ0n) is 19.1. The van der Waals surface area contributed by atoms with Gasteiger partial charge in [0.1, 0.15) is 5.75 Å². The van der Waals surface area contributed by atoms with Gasteiger partial charge >= 0.3 is 0 Å². The van der Waals surface area contributed by atoms with E-state index in [0.29, 0.717) is 48.3 Å². The third-order valence-electron chi connectivity index (χ3n) is 6.94. The second-order valence-electron chi connectivity index (χ2n) is 9.35. The molecule has 0 radical (unpaired) electrons. The molecule has 0 unspecified atom stereocenters. The molecule has 3 aromatic rings. The molecule has 2 N–H and O–H groups in total. The number of amides is 1. The van der Waals surface area contributed by atoms with Crippen LogP contribution >= 0.6 is 0 Å². The number of carbonyl (C=O) groups excluding carboxylic acids is 1. The van der Waals surface area contributed by atoms with Crippen LogP contribution in [0.3, 0.4) is 0 Å². The van der Waals surface area contributed by atoms with Crippen molar-refractivity contribution >= 4 is 15.9 Å². The average molecular weight is 482 g/mol. The predicted octanol–water partition coefficient (Wildman–Crippen LogP) is 2.98. The summed E-state index contributed by atoms with van der Waals surface area (Å²) in [6, 6.07) is 14.2. The van der Waals surface area contributed by atoms with E-state index in [1.54, 1.807) is 54.2 Å². The number of hydrogen-bond donors (Lipinski definition) is 2. The molecule has 8 nitrogen and oxygen atoms in total. The molecule has 2 aromatic carbocycles. The fourth-order valence-electron chi connectivity index (χ4n) is 4.33. The molecule has 0 saturated heterocycles. The molecule has 0 bridgehead atoms. The molecule has 0 spiro atoms. The van der Waals surface area contributed by atoms with Crippen LogP contribution in [-0.4, -0.2) is 40.6 Å². The van der Waals surface area contributed by atoms with Crippen LogP contribution in [0, 0.1) is 5.92 Å². The van der Waals surface area contributed by atoms with Gasteiger partial charge in [0.05, 0.1) is 17.5 Å². The van der Waals surface area contributed by atoms with Crippen LogP contribution in [0.25, 0.3) is 11.1 Å². The maximum Gasteiger partial charge on any atom is 0.265 e. The predicted molar refractivity (Wildman–Crippen MR) is 127 cm³/mol. The number of aliphatic hydroxyl groups is 1. The quantitative estimate of drug-likeness (QED) is 0.560. The van der Waals surface area contributed by atoms with E-state index in [0.717, 1.165) is 5.69 Å². The lowest BCUT2D eigenvalue weighted by atomic mass is 9.88. The highest BCUT2D eigenvalue weighted by Crippen LogP contribution is 2.43. The molecule has 2 heterocycles. The van der Waals surface area contributed by atoms with E-state index in [-0.39, 0.29) is 11.5 Å². The minimum atomic E-state index is -3.75. The fourth-order valence-corrected chi connectivity index (χ4v) is 5.57. The highest BCUT2D eigenvalue weighted by molar-refractivity contribution is 7.91. The molecule has 9 heteroatoms. The summed E-state index contributed by atoms with van der Waals surface area (Å²) in [4.78, 5) is 12.9. The number of nitrogens with one attached hydrogen (secondary N) is 1. The van der Waals surface area contributed by atoms with Crippen LogP contribution in [0.15, 0.2) is 54.7 Å². The fraction of sp³-hybridized carbons (Fsp3) is 0.360. The average Bonchev–Trinajstić information content (AvgIpc) is 3.46. The SMILES string of the molecule is Cn1nccc1C[C@H]1COc2cc(-c3ccccc3C(=O)NS(=O)(=O)C3(C)CC3)ccc2[C@@H]1O. The molecule has 1 aliphatic carbocycles. The van der Waals surface area contributed by atoms with Gasteiger partial charge in [-0.15, -0.1) is 0 Å². The van der Waals surface area contributed by atoms with Gasteiger partial charge in [0.25, 0.3) is 5.91 Å². The summed E-state index contributed by atoms with van der Waals surface area (Å²) in [5, 5.41) is 15.2.